The van der Waals surface area contributed by atoms with E-state index in [-0.39, 0.29) is 11.6 Å². The van der Waals surface area contributed by atoms with E-state index in [0.29, 0.717) is 37.8 Å². The maximum absolute atomic E-state index is 13.0. The van der Waals surface area contributed by atoms with Crippen LogP contribution in [0.3, 0.4) is 0 Å². The SMILES string of the molecule is CCCCNCCNC1=C2C(=O)CC=CC23N=NC=CC32CCC(=O)CC2=C1. The molecule has 0 bridgehead atoms. The highest BCUT2D eigenvalue weighted by Crippen LogP contribution is 2.59. The smallest absolute Gasteiger partial charge is 0.167 e. The van der Waals surface area contributed by atoms with Crippen molar-refractivity contribution in [3.05, 3.63) is 47.3 Å². The molecule has 2 N–H and O–H groups in total. The van der Waals surface area contributed by atoms with Gasteiger partial charge in [-0.2, -0.15) is 10.2 Å². The molecular formula is C22H28N4O2. The maximum atomic E-state index is 13.0. The summed E-state index contributed by atoms with van der Waals surface area (Å²) < 4.78 is 0. The Bertz CT molecular complexity index is 835. The molecule has 0 aromatic carbocycles. The molecule has 1 fully saturated rings. The summed E-state index contributed by atoms with van der Waals surface area (Å²) in [7, 11) is 0. The second kappa shape index (κ2) is 7.59. The molecular weight excluding hydrogens is 352 g/mol. The van der Waals surface area contributed by atoms with Crippen LogP contribution in [0.5, 0.6) is 0 Å². The molecule has 6 heteroatoms. The first kappa shape index (κ1) is 19.0. The number of rotatable bonds is 7. The minimum absolute atomic E-state index is 0.0877. The van der Waals surface area contributed by atoms with E-state index in [2.05, 4.69) is 33.9 Å². The number of nitrogens with zero attached hydrogens (tertiary/aromatic N) is 2. The van der Waals surface area contributed by atoms with Gasteiger partial charge in [0.15, 0.2) is 5.78 Å². The zero-order valence-corrected chi connectivity index (χ0v) is 16.5. The van der Waals surface area contributed by atoms with E-state index in [9.17, 15) is 9.59 Å². The number of allylic oxidation sites excluding steroid dienone is 2. The lowest BCUT2D eigenvalue weighted by molar-refractivity contribution is -0.120. The van der Waals surface area contributed by atoms with Crippen molar-refractivity contribution in [2.24, 2.45) is 15.6 Å². The number of Topliss-reactive ketones (excluding diaryl/α,β-unsaturated/α-hetero) is 2. The quantitative estimate of drug-likeness (QED) is 0.525. The van der Waals surface area contributed by atoms with Crippen molar-refractivity contribution >= 4 is 11.6 Å². The van der Waals surface area contributed by atoms with Crippen molar-refractivity contribution < 1.29 is 9.59 Å². The van der Waals surface area contributed by atoms with E-state index < -0.39 is 11.0 Å². The predicted molar refractivity (Wildman–Crippen MR) is 108 cm³/mol. The van der Waals surface area contributed by atoms with Crippen LogP contribution in [0.15, 0.2) is 57.6 Å². The van der Waals surface area contributed by atoms with Crippen molar-refractivity contribution in [3.63, 3.8) is 0 Å². The fraction of sp³-hybridized carbons (Fsp3) is 0.545. The molecule has 4 rings (SSSR count). The molecule has 4 aliphatic rings. The molecule has 1 aliphatic heterocycles. The second-order valence-electron chi connectivity index (χ2n) is 8.00. The summed E-state index contributed by atoms with van der Waals surface area (Å²) in [4.78, 5) is 25.2. The van der Waals surface area contributed by atoms with Gasteiger partial charge in [-0.25, -0.2) is 0 Å². The monoisotopic (exact) mass is 380 g/mol. The summed E-state index contributed by atoms with van der Waals surface area (Å²) in [6.07, 6.45) is 14.1. The van der Waals surface area contributed by atoms with Crippen LogP contribution in [-0.2, 0) is 9.59 Å². The summed E-state index contributed by atoms with van der Waals surface area (Å²) in [5, 5.41) is 15.7. The fourth-order valence-electron chi connectivity index (χ4n) is 4.91. The van der Waals surface area contributed by atoms with Gasteiger partial charge in [-0.1, -0.05) is 31.6 Å². The summed E-state index contributed by atoms with van der Waals surface area (Å²) >= 11 is 0. The number of nitrogens with one attached hydrogen (secondary N) is 2. The van der Waals surface area contributed by atoms with Gasteiger partial charge in [-0.05, 0) is 31.0 Å². The largest absolute Gasteiger partial charge is 0.383 e. The van der Waals surface area contributed by atoms with Crippen molar-refractivity contribution in [1.82, 2.24) is 10.6 Å². The molecule has 28 heavy (non-hydrogen) atoms. The van der Waals surface area contributed by atoms with Gasteiger partial charge in [0.2, 0.25) is 0 Å². The number of carbonyl (C=O) groups is 2. The Morgan fingerprint density at radius 1 is 1.18 bits per heavy atom. The van der Waals surface area contributed by atoms with Crippen molar-refractivity contribution in [1.29, 1.82) is 0 Å². The van der Waals surface area contributed by atoms with Gasteiger partial charge in [0.1, 0.15) is 11.3 Å². The van der Waals surface area contributed by atoms with Gasteiger partial charge < -0.3 is 10.6 Å². The first-order chi connectivity index (χ1) is 13.6. The van der Waals surface area contributed by atoms with Crippen LogP contribution in [0, 0.1) is 5.41 Å². The number of carbonyl (C=O) groups excluding carboxylic acids is 2. The van der Waals surface area contributed by atoms with E-state index in [0.717, 1.165) is 30.8 Å². The molecule has 148 valence electrons. The summed E-state index contributed by atoms with van der Waals surface area (Å²) in [5.41, 5.74) is 1.29. The van der Waals surface area contributed by atoms with Crippen LogP contribution >= 0.6 is 0 Å². The van der Waals surface area contributed by atoms with Crippen LogP contribution in [0.1, 0.15) is 45.4 Å². The lowest BCUT2D eigenvalue weighted by atomic mass is 9.52. The molecule has 3 aliphatic carbocycles. The third-order valence-corrected chi connectivity index (χ3v) is 6.31. The zero-order chi connectivity index (χ0) is 19.6. The lowest BCUT2D eigenvalue weighted by Gasteiger charge is -2.53. The van der Waals surface area contributed by atoms with Gasteiger partial charge in [-0.3, -0.25) is 9.59 Å². The van der Waals surface area contributed by atoms with Crippen LogP contribution in [-0.4, -0.2) is 36.7 Å². The standard InChI is InChI=1S/C22H28N4O2/c1-2-3-10-23-12-13-24-18-15-16-14-17(27)6-8-21(16)9-11-25-26-22(21)7-4-5-19(28)20(18)22/h4,7,9,11,15,23-24H,2-3,5-6,8,10,12-14H2,1H3. The maximum Gasteiger partial charge on any atom is 0.167 e. The fourth-order valence-corrected chi connectivity index (χ4v) is 4.91. The Labute approximate surface area is 165 Å². The van der Waals surface area contributed by atoms with Crippen molar-refractivity contribution in [3.8, 4) is 0 Å². The zero-order valence-electron chi connectivity index (χ0n) is 16.5. The molecule has 2 unspecified atom stereocenters. The molecule has 0 aromatic rings. The summed E-state index contributed by atoms with van der Waals surface area (Å²) in [6.45, 7) is 4.70. The third-order valence-electron chi connectivity index (χ3n) is 6.31. The van der Waals surface area contributed by atoms with Crippen LogP contribution < -0.4 is 10.6 Å². The van der Waals surface area contributed by atoms with E-state index in [1.165, 1.54) is 6.42 Å². The molecule has 2 spiro atoms. The molecule has 1 heterocycles. The van der Waals surface area contributed by atoms with Gasteiger partial charge in [0.25, 0.3) is 0 Å². The van der Waals surface area contributed by atoms with Gasteiger partial charge >= 0.3 is 0 Å². The van der Waals surface area contributed by atoms with Crippen molar-refractivity contribution in [2.45, 2.75) is 51.0 Å². The predicted octanol–water partition coefficient (Wildman–Crippen LogP) is 3.15. The normalized spacial score (nSPS) is 30.7. The topological polar surface area (TPSA) is 82.9 Å². The Morgan fingerprint density at radius 2 is 2.07 bits per heavy atom. The number of azo groups is 1. The van der Waals surface area contributed by atoms with Crippen LogP contribution in [0.2, 0.25) is 0 Å². The third kappa shape index (κ3) is 2.91. The van der Waals surface area contributed by atoms with Gasteiger partial charge in [0.05, 0.1) is 5.57 Å². The molecule has 0 radical (unpaired) electrons. The molecule has 0 aromatic heterocycles. The number of unbranched alkanes of at least 4 members (excludes halogenated alkanes) is 1. The van der Waals surface area contributed by atoms with Crippen LogP contribution in [0.25, 0.3) is 0 Å². The average molecular weight is 380 g/mol. The second-order valence-corrected chi connectivity index (χ2v) is 8.00. The minimum Gasteiger partial charge on any atom is -0.383 e. The first-order valence-corrected chi connectivity index (χ1v) is 10.4. The van der Waals surface area contributed by atoms with E-state index in [4.69, 9.17) is 0 Å². The highest BCUT2D eigenvalue weighted by Gasteiger charge is 2.60. The summed E-state index contributed by atoms with van der Waals surface area (Å²) in [6, 6.07) is 0. The van der Waals surface area contributed by atoms with E-state index in [1.54, 1.807) is 6.20 Å². The number of hydrogen-bond donors (Lipinski definition) is 2. The first-order valence-electron chi connectivity index (χ1n) is 10.4. The molecule has 6 nitrogen and oxygen atoms in total. The molecule has 0 saturated heterocycles. The number of hydrogen-bond acceptors (Lipinski definition) is 6. The Hall–Kier alpha value is -2.34. The average Bonchev–Trinajstić information content (AvgIpc) is 2.69. The Morgan fingerprint density at radius 3 is 2.93 bits per heavy atom. The summed E-state index contributed by atoms with van der Waals surface area (Å²) in [5.74, 6) is 0.336. The lowest BCUT2D eigenvalue weighted by Crippen LogP contribution is -2.55. The Balaban J connectivity index is 1.69. The minimum atomic E-state index is -0.820. The Kier molecular flexibility index (Phi) is 5.15. The molecule has 0 amide bonds. The number of ketones is 2. The van der Waals surface area contributed by atoms with E-state index >= 15 is 0 Å². The van der Waals surface area contributed by atoms with Crippen molar-refractivity contribution in [2.75, 3.05) is 19.6 Å². The molecule has 1 saturated carbocycles. The van der Waals surface area contributed by atoms with Gasteiger partial charge in [-0.15, -0.1) is 0 Å². The van der Waals surface area contributed by atoms with Gasteiger partial charge in [0, 0.05) is 49.7 Å². The molecule has 2 atom stereocenters. The van der Waals surface area contributed by atoms with E-state index in [1.807, 2.05) is 18.2 Å². The highest BCUT2D eigenvalue weighted by molar-refractivity contribution is 6.03. The highest BCUT2D eigenvalue weighted by atomic mass is 16.1. The van der Waals surface area contributed by atoms with Crippen LogP contribution in [0.4, 0.5) is 0 Å².